The Morgan fingerprint density at radius 2 is 1.59 bits per heavy atom. The van der Waals surface area contributed by atoms with Gasteiger partial charge >= 0.3 is 0 Å². The Kier molecular flexibility index (Phi) is 5.18. The highest BCUT2D eigenvalue weighted by Gasteiger charge is 2.04. The summed E-state index contributed by atoms with van der Waals surface area (Å²) in [4.78, 5) is 2.01. The van der Waals surface area contributed by atoms with Crippen molar-refractivity contribution >= 4 is 5.69 Å². The van der Waals surface area contributed by atoms with Crippen LogP contribution in [0, 0.1) is 30.6 Å². The summed E-state index contributed by atoms with van der Waals surface area (Å²) in [5.41, 5.74) is 2.44. The minimum atomic E-state index is 0.549. The molecular formula is C16H19N. The molecule has 1 nitrogen and oxygen atoms in total. The second-order valence-electron chi connectivity index (χ2n) is 4.53. The van der Waals surface area contributed by atoms with Crippen LogP contribution in [0.25, 0.3) is 0 Å². The average Bonchev–Trinajstić information content (AvgIpc) is 2.29. The maximum absolute atomic E-state index is 5.33. The van der Waals surface area contributed by atoms with Crippen molar-refractivity contribution in [2.45, 2.75) is 20.3 Å². The van der Waals surface area contributed by atoms with Crippen LogP contribution in [0.1, 0.15) is 19.4 Å². The van der Waals surface area contributed by atoms with Crippen LogP contribution in [0.3, 0.4) is 0 Å². The van der Waals surface area contributed by atoms with Gasteiger partial charge in [0.05, 0.1) is 13.1 Å². The average molecular weight is 225 g/mol. The summed E-state index contributed by atoms with van der Waals surface area (Å²) in [6.45, 7) is 5.54. The Morgan fingerprint density at radius 1 is 1.06 bits per heavy atom. The maximum Gasteiger partial charge on any atom is 0.0801 e. The Hall–Kier alpha value is -1.86. The first-order valence-electron chi connectivity index (χ1n) is 5.88. The number of anilines is 1. The van der Waals surface area contributed by atoms with Crippen LogP contribution in [0.15, 0.2) is 24.3 Å². The first-order chi connectivity index (χ1) is 8.17. The van der Waals surface area contributed by atoms with Gasteiger partial charge < -0.3 is 4.90 Å². The molecular weight excluding hydrogens is 206 g/mol. The van der Waals surface area contributed by atoms with Crippen LogP contribution < -0.4 is 4.90 Å². The molecule has 0 aliphatic rings. The van der Waals surface area contributed by atoms with E-state index in [-0.39, 0.29) is 0 Å². The number of terminal acetylenes is 2. The summed E-state index contributed by atoms with van der Waals surface area (Å²) in [5, 5.41) is 0. The molecule has 0 N–H and O–H groups in total. The quantitative estimate of drug-likeness (QED) is 0.696. The minimum Gasteiger partial charge on any atom is -0.349 e. The summed E-state index contributed by atoms with van der Waals surface area (Å²) in [6.07, 6.45) is 11.8. The molecule has 0 spiro atoms. The molecule has 0 unspecified atom stereocenters. The molecule has 1 aromatic rings. The molecule has 0 aliphatic heterocycles. The third-order valence-electron chi connectivity index (χ3n) is 2.51. The zero-order chi connectivity index (χ0) is 12.7. The molecule has 17 heavy (non-hydrogen) atoms. The van der Waals surface area contributed by atoms with Crippen LogP contribution in [0.2, 0.25) is 0 Å². The van der Waals surface area contributed by atoms with Crippen LogP contribution in [0.5, 0.6) is 0 Å². The third kappa shape index (κ3) is 4.25. The third-order valence-corrected chi connectivity index (χ3v) is 2.51. The molecule has 0 saturated carbocycles. The number of hydrogen-bond donors (Lipinski definition) is 0. The van der Waals surface area contributed by atoms with E-state index in [2.05, 4.69) is 50.0 Å². The number of hydrogen-bond acceptors (Lipinski definition) is 1. The molecule has 88 valence electrons. The van der Waals surface area contributed by atoms with Gasteiger partial charge in [-0.25, -0.2) is 0 Å². The van der Waals surface area contributed by atoms with E-state index in [0.29, 0.717) is 19.0 Å². The lowest BCUT2D eigenvalue weighted by atomic mass is 10.0. The van der Waals surface area contributed by atoms with E-state index in [4.69, 9.17) is 12.8 Å². The Morgan fingerprint density at radius 3 is 2.00 bits per heavy atom. The van der Waals surface area contributed by atoms with Gasteiger partial charge in [-0.15, -0.1) is 12.8 Å². The molecule has 0 saturated heterocycles. The van der Waals surface area contributed by atoms with Gasteiger partial charge in [-0.05, 0) is 30.0 Å². The lowest BCUT2D eigenvalue weighted by molar-refractivity contribution is 0.647. The maximum atomic E-state index is 5.33. The van der Waals surface area contributed by atoms with E-state index in [1.54, 1.807) is 0 Å². The van der Waals surface area contributed by atoms with Gasteiger partial charge in [0.1, 0.15) is 0 Å². The minimum absolute atomic E-state index is 0.549. The molecule has 0 heterocycles. The molecule has 0 amide bonds. The van der Waals surface area contributed by atoms with Gasteiger partial charge in [0.15, 0.2) is 0 Å². The predicted molar refractivity (Wildman–Crippen MR) is 74.9 cm³/mol. The summed E-state index contributed by atoms with van der Waals surface area (Å²) < 4.78 is 0. The lowest BCUT2D eigenvalue weighted by Gasteiger charge is -2.20. The van der Waals surface area contributed by atoms with Gasteiger partial charge in [-0.2, -0.15) is 0 Å². The highest BCUT2D eigenvalue weighted by Crippen LogP contribution is 2.16. The van der Waals surface area contributed by atoms with Gasteiger partial charge in [-0.3, -0.25) is 0 Å². The Labute approximate surface area is 105 Å². The fourth-order valence-electron chi connectivity index (χ4n) is 1.77. The van der Waals surface area contributed by atoms with Crippen LogP contribution in [-0.4, -0.2) is 13.1 Å². The van der Waals surface area contributed by atoms with E-state index in [0.717, 1.165) is 12.1 Å². The van der Waals surface area contributed by atoms with Gasteiger partial charge in [-0.1, -0.05) is 37.8 Å². The molecule has 0 aromatic heterocycles. The Bertz CT molecular complexity index is 398. The molecule has 0 bridgehead atoms. The SMILES string of the molecule is C#CCN(CC#C)c1ccc(CC(C)C)cc1. The van der Waals surface area contributed by atoms with Crippen LogP contribution in [-0.2, 0) is 6.42 Å². The zero-order valence-corrected chi connectivity index (χ0v) is 10.6. The van der Waals surface area contributed by atoms with Crippen molar-refractivity contribution in [1.29, 1.82) is 0 Å². The van der Waals surface area contributed by atoms with E-state index >= 15 is 0 Å². The number of rotatable bonds is 5. The largest absolute Gasteiger partial charge is 0.349 e. The fraction of sp³-hybridized carbons (Fsp3) is 0.375. The van der Waals surface area contributed by atoms with E-state index in [1.807, 2.05) is 4.90 Å². The fourth-order valence-corrected chi connectivity index (χ4v) is 1.77. The highest BCUT2D eigenvalue weighted by atomic mass is 15.1. The van der Waals surface area contributed by atoms with Crippen molar-refractivity contribution in [3.63, 3.8) is 0 Å². The lowest BCUT2D eigenvalue weighted by Crippen LogP contribution is -2.23. The molecule has 1 rings (SSSR count). The van der Waals surface area contributed by atoms with Crippen molar-refractivity contribution in [3.05, 3.63) is 29.8 Å². The smallest absolute Gasteiger partial charge is 0.0801 e. The van der Waals surface area contributed by atoms with Crippen LogP contribution >= 0.6 is 0 Å². The van der Waals surface area contributed by atoms with Gasteiger partial charge in [0.2, 0.25) is 0 Å². The first-order valence-corrected chi connectivity index (χ1v) is 5.88. The summed E-state index contributed by atoms with van der Waals surface area (Å²) in [7, 11) is 0. The summed E-state index contributed by atoms with van der Waals surface area (Å²) in [6, 6.07) is 8.48. The van der Waals surface area contributed by atoms with Crippen molar-refractivity contribution in [2.75, 3.05) is 18.0 Å². The normalized spacial score (nSPS) is 9.71. The monoisotopic (exact) mass is 225 g/mol. The molecule has 0 radical (unpaired) electrons. The molecule has 1 aromatic carbocycles. The van der Waals surface area contributed by atoms with Crippen LogP contribution in [0.4, 0.5) is 5.69 Å². The van der Waals surface area contributed by atoms with Gasteiger partial charge in [0.25, 0.3) is 0 Å². The second kappa shape index (κ2) is 6.66. The number of benzene rings is 1. The molecule has 0 aliphatic carbocycles. The van der Waals surface area contributed by atoms with E-state index in [1.165, 1.54) is 5.56 Å². The van der Waals surface area contributed by atoms with E-state index in [9.17, 15) is 0 Å². The predicted octanol–water partition coefficient (Wildman–Crippen LogP) is 2.96. The first kappa shape index (κ1) is 13.2. The van der Waals surface area contributed by atoms with Crippen molar-refractivity contribution in [3.8, 4) is 24.7 Å². The zero-order valence-electron chi connectivity index (χ0n) is 10.6. The van der Waals surface area contributed by atoms with Crippen molar-refractivity contribution < 1.29 is 0 Å². The molecule has 0 atom stereocenters. The second-order valence-corrected chi connectivity index (χ2v) is 4.53. The van der Waals surface area contributed by atoms with Crippen molar-refractivity contribution in [1.82, 2.24) is 0 Å². The molecule has 0 fully saturated rings. The van der Waals surface area contributed by atoms with Gasteiger partial charge in [0, 0.05) is 5.69 Å². The summed E-state index contributed by atoms with van der Waals surface area (Å²) in [5.74, 6) is 5.93. The topological polar surface area (TPSA) is 3.24 Å². The van der Waals surface area contributed by atoms with E-state index < -0.39 is 0 Å². The highest BCUT2D eigenvalue weighted by molar-refractivity contribution is 5.49. The summed E-state index contributed by atoms with van der Waals surface area (Å²) >= 11 is 0. The Balaban J connectivity index is 2.78. The van der Waals surface area contributed by atoms with Crippen molar-refractivity contribution in [2.24, 2.45) is 5.92 Å². The standard InChI is InChI=1S/C16H19N/c1-5-11-17(12-6-2)16-9-7-15(8-10-16)13-14(3)4/h1-2,7-10,14H,11-13H2,3-4H3. The number of nitrogens with zero attached hydrogens (tertiary/aromatic N) is 1. The molecule has 1 heteroatoms.